The summed E-state index contributed by atoms with van der Waals surface area (Å²) in [5, 5.41) is 18.8. The Morgan fingerprint density at radius 1 is 1.06 bits per heavy atom. The molecule has 3 atom stereocenters. The Hall–Kier alpha value is -1.12. The van der Waals surface area contributed by atoms with Gasteiger partial charge in [0.2, 0.25) is 0 Å². The Labute approximate surface area is 96.2 Å². The van der Waals surface area contributed by atoms with Crippen LogP contribution in [0.1, 0.15) is 17.9 Å². The van der Waals surface area contributed by atoms with Crippen molar-refractivity contribution in [2.75, 3.05) is 13.2 Å². The number of benzene rings is 1. The van der Waals surface area contributed by atoms with Gasteiger partial charge in [0, 0.05) is 19.1 Å². The normalized spacial score (nSPS) is 29.2. The number of allylic oxidation sites excluding steroid dienone is 2. The van der Waals surface area contributed by atoms with Gasteiger partial charge >= 0.3 is 0 Å². The van der Waals surface area contributed by atoms with E-state index in [2.05, 4.69) is 24.3 Å². The molecule has 86 valence electrons. The average molecular weight is 218 g/mol. The summed E-state index contributed by atoms with van der Waals surface area (Å²) in [6, 6.07) is 10.2. The van der Waals surface area contributed by atoms with Crippen molar-refractivity contribution in [1.82, 2.24) is 0 Å². The molecule has 2 nitrogen and oxygen atoms in total. The lowest BCUT2D eigenvalue weighted by Crippen LogP contribution is -2.29. The minimum Gasteiger partial charge on any atom is -0.396 e. The van der Waals surface area contributed by atoms with Gasteiger partial charge in [0.1, 0.15) is 0 Å². The van der Waals surface area contributed by atoms with E-state index in [1.807, 2.05) is 18.2 Å². The van der Waals surface area contributed by atoms with Gasteiger partial charge < -0.3 is 10.2 Å². The summed E-state index contributed by atoms with van der Waals surface area (Å²) < 4.78 is 0. The fourth-order valence-electron chi connectivity index (χ4n) is 2.52. The van der Waals surface area contributed by atoms with Gasteiger partial charge in [-0.25, -0.2) is 0 Å². The van der Waals surface area contributed by atoms with Gasteiger partial charge in [-0.15, -0.1) is 0 Å². The zero-order chi connectivity index (χ0) is 11.4. The predicted octanol–water partition coefficient (Wildman–Crippen LogP) is 1.95. The number of aliphatic hydroxyl groups is 2. The molecular weight excluding hydrogens is 200 g/mol. The smallest absolute Gasteiger partial charge is 0.0471 e. The molecule has 2 N–H and O–H groups in total. The zero-order valence-corrected chi connectivity index (χ0v) is 9.29. The molecule has 2 heteroatoms. The molecule has 0 unspecified atom stereocenters. The second kappa shape index (κ2) is 5.28. The molecule has 1 aliphatic rings. The fourth-order valence-corrected chi connectivity index (χ4v) is 2.52. The molecule has 0 heterocycles. The van der Waals surface area contributed by atoms with Gasteiger partial charge in [0.25, 0.3) is 0 Å². The molecule has 0 radical (unpaired) electrons. The summed E-state index contributed by atoms with van der Waals surface area (Å²) in [6.07, 6.45) is 5.14. The van der Waals surface area contributed by atoms with Gasteiger partial charge in [-0.2, -0.15) is 0 Å². The van der Waals surface area contributed by atoms with Crippen molar-refractivity contribution in [3.05, 3.63) is 48.0 Å². The van der Waals surface area contributed by atoms with E-state index in [1.165, 1.54) is 5.56 Å². The van der Waals surface area contributed by atoms with E-state index in [0.29, 0.717) is 0 Å². The molecule has 0 aliphatic heterocycles. The topological polar surface area (TPSA) is 40.5 Å². The first-order valence-corrected chi connectivity index (χ1v) is 5.80. The van der Waals surface area contributed by atoms with Crippen LogP contribution in [0.2, 0.25) is 0 Å². The lowest BCUT2D eigenvalue weighted by atomic mass is 9.73. The van der Waals surface area contributed by atoms with Crippen LogP contribution in [0.3, 0.4) is 0 Å². The van der Waals surface area contributed by atoms with Gasteiger partial charge in [0.05, 0.1) is 0 Å². The first-order valence-electron chi connectivity index (χ1n) is 5.80. The maximum atomic E-state index is 9.48. The van der Waals surface area contributed by atoms with E-state index >= 15 is 0 Å². The van der Waals surface area contributed by atoms with Crippen LogP contribution in [0.15, 0.2) is 42.5 Å². The first-order chi connectivity index (χ1) is 7.86. The maximum Gasteiger partial charge on any atom is 0.0471 e. The number of aliphatic hydroxyl groups excluding tert-OH is 2. The third kappa shape index (κ3) is 2.18. The highest BCUT2D eigenvalue weighted by Crippen LogP contribution is 2.36. The van der Waals surface area contributed by atoms with Crippen LogP contribution in [0.4, 0.5) is 0 Å². The third-order valence-corrected chi connectivity index (χ3v) is 3.48. The molecule has 0 aromatic heterocycles. The Balaban J connectivity index is 2.26. The number of hydrogen-bond acceptors (Lipinski definition) is 2. The summed E-state index contributed by atoms with van der Waals surface area (Å²) in [7, 11) is 0. The van der Waals surface area contributed by atoms with E-state index < -0.39 is 0 Å². The zero-order valence-electron chi connectivity index (χ0n) is 9.29. The van der Waals surface area contributed by atoms with E-state index in [1.54, 1.807) is 0 Å². The second-order valence-electron chi connectivity index (χ2n) is 4.39. The summed E-state index contributed by atoms with van der Waals surface area (Å²) in [5.41, 5.74) is 1.22. The van der Waals surface area contributed by atoms with Crippen LogP contribution in [0.5, 0.6) is 0 Å². The molecule has 0 spiro atoms. The lowest BCUT2D eigenvalue weighted by molar-refractivity contribution is 0.107. The van der Waals surface area contributed by atoms with Crippen LogP contribution in [-0.2, 0) is 0 Å². The summed E-state index contributed by atoms with van der Waals surface area (Å²) in [4.78, 5) is 0. The van der Waals surface area contributed by atoms with Crippen LogP contribution in [-0.4, -0.2) is 23.4 Å². The average Bonchev–Trinajstić information content (AvgIpc) is 2.38. The Morgan fingerprint density at radius 3 is 2.44 bits per heavy atom. The quantitative estimate of drug-likeness (QED) is 0.761. The van der Waals surface area contributed by atoms with E-state index in [4.69, 9.17) is 0 Å². The molecule has 0 fully saturated rings. The van der Waals surface area contributed by atoms with Crippen molar-refractivity contribution in [3.8, 4) is 0 Å². The Bertz CT molecular complexity index is 345. The number of hydrogen-bond donors (Lipinski definition) is 2. The molecule has 0 bridgehead atoms. The fraction of sp³-hybridized carbons (Fsp3) is 0.429. The monoisotopic (exact) mass is 218 g/mol. The van der Waals surface area contributed by atoms with E-state index in [0.717, 1.165) is 6.42 Å². The summed E-state index contributed by atoms with van der Waals surface area (Å²) in [6.45, 7) is 0.286. The third-order valence-electron chi connectivity index (χ3n) is 3.48. The van der Waals surface area contributed by atoms with Crippen LogP contribution < -0.4 is 0 Å². The SMILES string of the molecule is OC[C@H]1CC=C[C@H](c2ccccc2)[C@@H]1CO. The Morgan fingerprint density at radius 2 is 1.81 bits per heavy atom. The highest BCUT2D eigenvalue weighted by atomic mass is 16.3. The van der Waals surface area contributed by atoms with Crippen LogP contribution in [0, 0.1) is 11.8 Å². The van der Waals surface area contributed by atoms with E-state index in [-0.39, 0.29) is 31.0 Å². The van der Waals surface area contributed by atoms with Crippen LogP contribution >= 0.6 is 0 Å². The first kappa shape index (κ1) is 11.4. The molecule has 2 rings (SSSR count). The minimum absolute atomic E-state index is 0.134. The highest BCUT2D eigenvalue weighted by molar-refractivity contribution is 5.26. The van der Waals surface area contributed by atoms with Crippen molar-refractivity contribution in [1.29, 1.82) is 0 Å². The largest absolute Gasteiger partial charge is 0.396 e. The molecule has 0 saturated heterocycles. The number of rotatable bonds is 3. The standard InChI is InChI=1S/C14H18O2/c15-9-12-7-4-8-13(14(12)10-16)11-5-2-1-3-6-11/h1-6,8,12-16H,7,9-10H2/t12-,13-,14-/m1/s1. The lowest BCUT2D eigenvalue weighted by Gasteiger charge is -2.33. The van der Waals surface area contributed by atoms with Crippen molar-refractivity contribution in [2.45, 2.75) is 12.3 Å². The molecule has 0 amide bonds. The van der Waals surface area contributed by atoms with Crippen molar-refractivity contribution in [3.63, 3.8) is 0 Å². The van der Waals surface area contributed by atoms with Gasteiger partial charge in [-0.3, -0.25) is 0 Å². The molecular formula is C14H18O2. The molecule has 16 heavy (non-hydrogen) atoms. The van der Waals surface area contributed by atoms with Gasteiger partial charge in [-0.1, -0.05) is 42.5 Å². The highest BCUT2D eigenvalue weighted by Gasteiger charge is 2.30. The molecule has 1 aromatic rings. The minimum atomic E-state index is 0.134. The molecule has 0 saturated carbocycles. The Kier molecular flexibility index (Phi) is 3.75. The molecule has 1 aliphatic carbocycles. The summed E-state index contributed by atoms with van der Waals surface area (Å²) >= 11 is 0. The van der Waals surface area contributed by atoms with Gasteiger partial charge in [0.15, 0.2) is 0 Å². The molecule has 1 aromatic carbocycles. The van der Waals surface area contributed by atoms with Crippen molar-refractivity contribution >= 4 is 0 Å². The van der Waals surface area contributed by atoms with E-state index in [9.17, 15) is 10.2 Å². The summed E-state index contributed by atoms with van der Waals surface area (Å²) in [5.74, 6) is 0.551. The predicted molar refractivity (Wildman–Crippen MR) is 64.1 cm³/mol. The second-order valence-corrected chi connectivity index (χ2v) is 4.39. The van der Waals surface area contributed by atoms with Crippen molar-refractivity contribution in [2.24, 2.45) is 11.8 Å². The van der Waals surface area contributed by atoms with Gasteiger partial charge in [-0.05, 0) is 23.8 Å². The maximum absolute atomic E-state index is 9.48. The van der Waals surface area contributed by atoms with Crippen molar-refractivity contribution < 1.29 is 10.2 Å². The van der Waals surface area contributed by atoms with Crippen LogP contribution in [0.25, 0.3) is 0 Å².